The van der Waals surface area contributed by atoms with E-state index in [0.29, 0.717) is 6.29 Å². The third kappa shape index (κ3) is 10.4. The molecule has 0 aromatic heterocycles. The quantitative estimate of drug-likeness (QED) is 0.355. The van der Waals surface area contributed by atoms with Gasteiger partial charge in [-0.15, -0.1) is 0 Å². The van der Waals surface area contributed by atoms with Gasteiger partial charge in [-0.25, -0.2) is 0 Å². The second-order valence-corrected chi connectivity index (χ2v) is 4.36. The van der Waals surface area contributed by atoms with Gasteiger partial charge in [-0.05, 0) is 38.9 Å². The molecule has 0 aliphatic heterocycles. The average Bonchev–Trinajstić information content (AvgIpc) is 2.29. The summed E-state index contributed by atoms with van der Waals surface area (Å²) in [6.45, 7) is 9.97. The summed E-state index contributed by atoms with van der Waals surface area (Å²) >= 11 is 0. The van der Waals surface area contributed by atoms with E-state index < -0.39 is 0 Å². The molecule has 0 atom stereocenters. The van der Waals surface area contributed by atoms with Crippen LogP contribution in [0.1, 0.15) is 59.3 Å². The van der Waals surface area contributed by atoms with Crippen LogP contribution in [0.2, 0.25) is 0 Å². The molecule has 3 heteroatoms. The first-order valence-corrected chi connectivity index (χ1v) is 7.05. The molecular weight excluding hydrogens is 198 g/mol. The zero-order valence-electron chi connectivity index (χ0n) is 11.4. The Morgan fingerprint density at radius 2 is 0.938 bits per heavy atom. The van der Waals surface area contributed by atoms with Crippen molar-refractivity contribution in [1.29, 1.82) is 0 Å². The van der Waals surface area contributed by atoms with Gasteiger partial charge in [-0.2, -0.15) is 0 Å². The maximum absolute atomic E-state index is 3.52. The van der Waals surface area contributed by atoms with E-state index in [1.807, 2.05) is 0 Å². The summed E-state index contributed by atoms with van der Waals surface area (Å²) in [4.78, 5) is 0. The number of rotatable bonds is 12. The van der Waals surface area contributed by atoms with Gasteiger partial charge in [0.15, 0.2) is 0 Å². The second-order valence-electron chi connectivity index (χ2n) is 4.36. The molecular formula is C13H31N3. The molecule has 0 aliphatic rings. The highest BCUT2D eigenvalue weighted by Gasteiger charge is 2.03. The van der Waals surface area contributed by atoms with Crippen LogP contribution in [0.25, 0.3) is 0 Å². The lowest BCUT2D eigenvalue weighted by Gasteiger charge is -2.21. The van der Waals surface area contributed by atoms with Crippen LogP contribution in [0.4, 0.5) is 0 Å². The highest BCUT2D eigenvalue weighted by molar-refractivity contribution is 4.62. The lowest BCUT2D eigenvalue weighted by atomic mass is 10.3. The Balaban J connectivity index is 3.58. The number of unbranched alkanes of at least 4 members (excludes halogenated alkanes) is 3. The fourth-order valence-corrected chi connectivity index (χ4v) is 1.49. The molecule has 16 heavy (non-hydrogen) atoms. The van der Waals surface area contributed by atoms with Crippen LogP contribution in [0.5, 0.6) is 0 Å². The Bertz CT molecular complexity index is 105. The summed E-state index contributed by atoms with van der Waals surface area (Å²) in [5.41, 5.74) is 0. The van der Waals surface area contributed by atoms with E-state index in [4.69, 9.17) is 0 Å². The van der Waals surface area contributed by atoms with E-state index in [-0.39, 0.29) is 0 Å². The Labute approximate surface area is 102 Å². The van der Waals surface area contributed by atoms with Gasteiger partial charge >= 0.3 is 0 Å². The predicted molar refractivity (Wildman–Crippen MR) is 72.5 cm³/mol. The summed E-state index contributed by atoms with van der Waals surface area (Å²) in [7, 11) is 0. The molecule has 3 nitrogen and oxygen atoms in total. The van der Waals surface area contributed by atoms with Crippen molar-refractivity contribution in [2.45, 2.75) is 65.6 Å². The predicted octanol–water partition coefficient (Wildman–Crippen LogP) is 2.44. The van der Waals surface area contributed by atoms with Crippen molar-refractivity contribution in [3.05, 3.63) is 0 Å². The van der Waals surface area contributed by atoms with Gasteiger partial charge in [0.1, 0.15) is 6.29 Å². The van der Waals surface area contributed by atoms with E-state index in [9.17, 15) is 0 Å². The van der Waals surface area contributed by atoms with Crippen LogP contribution in [-0.2, 0) is 0 Å². The van der Waals surface area contributed by atoms with Crippen molar-refractivity contribution in [3.8, 4) is 0 Å². The molecule has 0 aromatic carbocycles. The van der Waals surface area contributed by atoms with E-state index in [1.165, 1.54) is 38.5 Å². The van der Waals surface area contributed by atoms with Gasteiger partial charge in [0.25, 0.3) is 0 Å². The third-order valence-corrected chi connectivity index (χ3v) is 2.64. The minimum atomic E-state index is 0.296. The maximum Gasteiger partial charge on any atom is 0.111 e. The monoisotopic (exact) mass is 229 g/mol. The van der Waals surface area contributed by atoms with E-state index >= 15 is 0 Å². The molecule has 98 valence electrons. The fraction of sp³-hybridized carbons (Fsp3) is 1.00. The van der Waals surface area contributed by atoms with Crippen molar-refractivity contribution in [3.63, 3.8) is 0 Å². The summed E-state index contributed by atoms with van der Waals surface area (Å²) in [6, 6.07) is 0. The molecule has 0 spiro atoms. The normalized spacial score (nSPS) is 11.2. The molecule has 0 saturated carbocycles. The molecule has 0 aliphatic carbocycles. The van der Waals surface area contributed by atoms with Crippen LogP contribution in [-0.4, -0.2) is 25.9 Å². The van der Waals surface area contributed by atoms with E-state index in [1.54, 1.807) is 0 Å². The van der Waals surface area contributed by atoms with Gasteiger partial charge in [0, 0.05) is 0 Å². The largest absolute Gasteiger partial charge is 0.290 e. The molecule has 0 radical (unpaired) electrons. The van der Waals surface area contributed by atoms with Crippen LogP contribution >= 0.6 is 0 Å². The molecule has 0 aromatic rings. The highest BCUT2D eigenvalue weighted by atomic mass is 15.3. The minimum Gasteiger partial charge on any atom is -0.290 e. The SMILES string of the molecule is CCCCNC(NCCCC)NCCCC. The summed E-state index contributed by atoms with van der Waals surface area (Å²) in [5.74, 6) is 0. The standard InChI is InChI=1S/C13H31N3/c1-4-7-10-14-13(15-11-8-5-2)16-12-9-6-3/h13-16H,4-12H2,1-3H3. The van der Waals surface area contributed by atoms with Gasteiger partial charge in [0.2, 0.25) is 0 Å². The molecule has 0 fully saturated rings. The van der Waals surface area contributed by atoms with E-state index in [0.717, 1.165) is 19.6 Å². The van der Waals surface area contributed by atoms with Crippen LogP contribution in [0, 0.1) is 0 Å². The first kappa shape index (κ1) is 15.9. The topological polar surface area (TPSA) is 36.1 Å². The lowest BCUT2D eigenvalue weighted by Crippen LogP contribution is -2.53. The van der Waals surface area contributed by atoms with Gasteiger partial charge in [-0.1, -0.05) is 40.0 Å². The Morgan fingerprint density at radius 3 is 1.19 bits per heavy atom. The van der Waals surface area contributed by atoms with Crippen molar-refractivity contribution in [1.82, 2.24) is 16.0 Å². The van der Waals surface area contributed by atoms with Crippen molar-refractivity contribution >= 4 is 0 Å². The Hall–Kier alpha value is -0.120. The van der Waals surface area contributed by atoms with E-state index in [2.05, 4.69) is 36.7 Å². The molecule has 0 bridgehead atoms. The fourth-order valence-electron chi connectivity index (χ4n) is 1.49. The number of hydrogen-bond acceptors (Lipinski definition) is 3. The minimum absolute atomic E-state index is 0.296. The average molecular weight is 229 g/mol. The maximum atomic E-state index is 3.52. The Kier molecular flexibility index (Phi) is 12.9. The summed E-state index contributed by atoms with van der Waals surface area (Å²) < 4.78 is 0. The van der Waals surface area contributed by atoms with Crippen LogP contribution in [0.3, 0.4) is 0 Å². The van der Waals surface area contributed by atoms with Gasteiger partial charge in [0.05, 0.1) is 0 Å². The van der Waals surface area contributed by atoms with Gasteiger partial charge in [-0.3, -0.25) is 16.0 Å². The Morgan fingerprint density at radius 1 is 0.625 bits per heavy atom. The smallest absolute Gasteiger partial charge is 0.111 e. The van der Waals surface area contributed by atoms with Gasteiger partial charge < -0.3 is 0 Å². The summed E-state index contributed by atoms with van der Waals surface area (Å²) in [5, 5.41) is 10.5. The first-order chi connectivity index (χ1) is 7.85. The zero-order chi connectivity index (χ0) is 12.1. The summed E-state index contributed by atoms with van der Waals surface area (Å²) in [6.07, 6.45) is 7.81. The second kappa shape index (κ2) is 12.9. The van der Waals surface area contributed by atoms with Crippen molar-refractivity contribution in [2.75, 3.05) is 19.6 Å². The molecule has 3 N–H and O–H groups in total. The number of nitrogens with one attached hydrogen (secondary N) is 3. The molecule has 0 unspecified atom stereocenters. The van der Waals surface area contributed by atoms with Crippen molar-refractivity contribution < 1.29 is 0 Å². The first-order valence-electron chi connectivity index (χ1n) is 7.05. The van der Waals surface area contributed by atoms with Crippen LogP contribution < -0.4 is 16.0 Å². The highest BCUT2D eigenvalue weighted by Crippen LogP contribution is 1.88. The zero-order valence-corrected chi connectivity index (χ0v) is 11.4. The molecule has 0 amide bonds. The van der Waals surface area contributed by atoms with Crippen LogP contribution in [0.15, 0.2) is 0 Å². The lowest BCUT2D eigenvalue weighted by molar-refractivity contribution is 0.349. The molecule has 0 saturated heterocycles. The number of hydrogen-bond donors (Lipinski definition) is 3. The van der Waals surface area contributed by atoms with Crippen molar-refractivity contribution in [2.24, 2.45) is 0 Å². The molecule has 0 rings (SSSR count). The molecule has 0 heterocycles. The third-order valence-electron chi connectivity index (χ3n) is 2.64.